The molecule has 0 aromatic carbocycles. The minimum Gasteiger partial charge on any atom is -0.326 e. The molecule has 2 N–H and O–H groups in total. The average Bonchev–Trinajstić information content (AvgIpc) is 2.87. The van der Waals surface area contributed by atoms with Crippen LogP contribution < -0.4 is 5.73 Å². The molecule has 19 heavy (non-hydrogen) atoms. The van der Waals surface area contributed by atoms with Gasteiger partial charge in [-0.25, -0.2) is 0 Å². The summed E-state index contributed by atoms with van der Waals surface area (Å²) >= 11 is 0. The highest BCUT2D eigenvalue weighted by molar-refractivity contribution is 5.03. The largest absolute Gasteiger partial charge is 0.326 e. The highest BCUT2D eigenvalue weighted by atomic mass is 15.2. The van der Waals surface area contributed by atoms with Crippen LogP contribution in [0, 0.1) is 5.41 Å². The Labute approximate surface area is 120 Å². The second kappa shape index (κ2) is 6.13. The lowest BCUT2D eigenvalue weighted by molar-refractivity contribution is 0.0427. The van der Waals surface area contributed by atoms with Crippen LogP contribution in [-0.4, -0.2) is 29.6 Å². The highest BCUT2D eigenvalue weighted by Crippen LogP contribution is 2.41. The second-order valence-electron chi connectivity index (χ2n) is 8.06. The molecule has 0 spiro atoms. The first kappa shape index (κ1) is 15.3. The van der Waals surface area contributed by atoms with Gasteiger partial charge in [-0.1, -0.05) is 40.0 Å². The summed E-state index contributed by atoms with van der Waals surface area (Å²) < 4.78 is 0. The predicted octanol–water partition coefficient (Wildman–Crippen LogP) is 3.94. The summed E-state index contributed by atoms with van der Waals surface area (Å²) in [6.07, 6.45) is 12.1. The number of rotatable bonds is 4. The molecular weight excluding hydrogens is 232 g/mol. The summed E-state index contributed by atoms with van der Waals surface area (Å²) in [5.41, 5.74) is 7.48. The first-order chi connectivity index (χ1) is 8.94. The fourth-order valence-corrected chi connectivity index (χ4v) is 4.11. The molecule has 0 amide bonds. The van der Waals surface area contributed by atoms with Gasteiger partial charge in [-0.05, 0) is 57.0 Å². The van der Waals surface area contributed by atoms with Gasteiger partial charge in [0.2, 0.25) is 0 Å². The number of hydrogen-bond donors (Lipinski definition) is 1. The number of hydrogen-bond acceptors (Lipinski definition) is 2. The molecule has 112 valence electrons. The van der Waals surface area contributed by atoms with Crippen molar-refractivity contribution in [3.8, 4) is 0 Å². The molecule has 0 aromatic rings. The molecule has 2 rings (SSSR count). The maximum atomic E-state index is 6.71. The number of nitrogens with zero attached hydrogens (tertiary/aromatic N) is 1. The van der Waals surface area contributed by atoms with Crippen molar-refractivity contribution in [3.63, 3.8) is 0 Å². The third-order valence-electron chi connectivity index (χ3n) is 5.35. The normalized spacial score (nSPS) is 26.5. The predicted molar refractivity (Wildman–Crippen MR) is 83.3 cm³/mol. The van der Waals surface area contributed by atoms with Crippen LogP contribution >= 0.6 is 0 Å². The van der Waals surface area contributed by atoms with Crippen LogP contribution in [-0.2, 0) is 0 Å². The summed E-state index contributed by atoms with van der Waals surface area (Å²) in [5.74, 6) is 0. The third kappa shape index (κ3) is 3.72. The van der Waals surface area contributed by atoms with Crippen LogP contribution in [0.3, 0.4) is 0 Å². The Morgan fingerprint density at radius 3 is 2.11 bits per heavy atom. The van der Waals surface area contributed by atoms with Crippen molar-refractivity contribution < 1.29 is 0 Å². The standard InChI is InChI=1S/C17H34N2/c1-16(2,3)12-9-15(18)17(10-5-6-11-17)19-13-7-4-8-14-19/h15H,4-14,18H2,1-3H3. The molecule has 2 aliphatic rings. The Kier molecular flexibility index (Phi) is 4.94. The lowest BCUT2D eigenvalue weighted by Crippen LogP contribution is -2.59. The van der Waals surface area contributed by atoms with Crippen molar-refractivity contribution >= 4 is 0 Å². The lowest BCUT2D eigenvalue weighted by Gasteiger charge is -2.47. The van der Waals surface area contributed by atoms with Crippen molar-refractivity contribution in [2.24, 2.45) is 11.1 Å². The van der Waals surface area contributed by atoms with E-state index < -0.39 is 0 Å². The van der Waals surface area contributed by atoms with Gasteiger partial charge >= 0.3 is 0 Å². The first-order valence-electron chi connectivity index (χ1n) is 8.45. The van der Waals surface area contributed by atoms with Crippen molar-refractivity contribution in [2.75, 3.05) is 13.1 Å². The van der Waals surface area contributed by atoms with E-state index in [0.717, 1.165) is 0 Å². The third-order valence-corrected chi connectivity index (χ3v) is 5.35. The topological polar surface area (TPSA) is 29.3 Å². The van der Waals surface area contributed by atoms with Crippen LogP contribution in [0.2, 0.25) is 0 Å². The molecule has 1 saturated carbocycles. The van der Waals surface area contributed by atoms with Gasteiger partial charge in [-0.2, -0.15) is 0 Å². The maximum absolute atomic E-state index is 6.71. The molecule has 1 aliphatic carbocycles. The quantitative estimate of drug-likeness (QED) is 0.835. The summed E-state index contributed by atoms with van der Waals surface area (Å²) in [7, 11) is 0. The van der Waals surface area contributed by atoms with Gasteiger partial charge in [0, 0.05) is 11.6 Å². The van der Waals surface area contributed by atoms with E-state index in [9.17, 15) is 0 Å². The Morgan fingerprint density at radius 2 is 1.58 bits per heavy atom. The van der Waals surface area contributed by atoms with Gasteiger partial charge in [0.05, 0.1) is 0 Å². The van der Waals surface area contributed by atoms with Crippen LogP contribution in [0.5, 0.6) is 0 Å². The van der Waals surface area contributed by atoms with Crippen molar-refractivity contribution in [2.45, 2.75) is 90.1 Å². The maximum Gasteiger partial charge on any atom is 0.0360 e. The molecule has 1 saturated heterocycles. The molecule has 1 atom stereocenters. The minimum absolute atomic E-state index is 0.353. The minimum atomic E-state index is 0.353. The van der Waals surface area contributed by atoms with Crippen molar-refractivity contribution in [1.29, 1.82) is 0 Å². The Hall–Kier alpha value is -0.0800. The number of likely N-dealkylation sites (tertiary alicyclic amines) is 1. The SMILES string of the molecule is CC(C)(C)CCC(N)C1(N2CCCCC2)CCCC1. The molecule has 1 aliphatic heterocycles. The molecule has 0 bridgehead atoms. The molecule has 2 fully saturated rings. The zero-order valence-electron chi connectivity index (χ0n) is 13.4. The van der Waals surface area contributed by atoms with Crippen LogP contribution in [0.15, 0.2) is 0 Å². The molecule has 0 radical (unpaired) electrons. The van der Waals surface area contributed by atoms with Crippen LogP contribution in [0.4, 0.5) is 0 Å². The first-order valence-corrected chi connectivity index (χ1v) is 8.45. The monoisotopic (exact) mass is 266 g/mol. The van der Waals surface area contributed by atoms with Crippen LogP contribution in [0.1, 0.15) is 78.6 Å². The highest BCUT2D eigenvalue weighted by Gasteiger charge is 2.44. The zero-order chi connectivity index (χ0) is 13.9. The fourth-order valence-electron chi connectivity index (χ4n) is 4.11. The number of nitrogens with two attached hydrogens (primary N) is 1. The summed E-state index contributed by atoms with van der Waals surface area (Å²) in [5, 5.41) is 0. The van der Waals surface area contributed by atoms with E-state index in [-0.39, 0.29) is 0 Å². The van der Waals surface area contributed by atoms with Gasteiger partial charge in [0.25, 0.3) is 0 Å². The van der Waals surface area contributed by atoms with E-state index in [1.165, 1.54) is 70.9 Å². The van der Waals surface area contributed by atoms with Gasteiger partial charge in [-0.15, -0.1) is 0 Å². The molecule has 1 unspecified atom stereocenters. The summed E-state index contributed by atoms with van der Waals surface area (Å²) in [4.78, 5) is 2.77. The smallest absolute Gasteiger partial charge is 0.0360 e. The van der Waals surface area contributed by atoms with Gasteiger partial charge in [0.15, 0.2) is 0 Å². The number of piperidine rings is 1. The average molecular weight is 266 g/mol. The Balaban J connectivity index is 2.01. The van der Waals surface area contributed by atoms with E-state index in [0.29, 0.717) is 17.0 Å². The van der Waals surface area contributed by atoms with E-state index in [4.69, 9.17) is 5.73 Å². The van der Waals surface area contributed by atoms with E-state index in [1.807, 2.05) is 0 Å². The molecule has 1 heterocycles. The van der Waals surface area contributed by atoms with E-state index in [1.54, 1.807) is 0 Å². The summed E-state index contributed by atoms with van der Waals surface area (Å²) in [6, 6.07) is 0.382. The van der Waals surface area contributed by atoms with Gasteiger partial charge in [-0.3, -0.25) is 4.90 Å². The van der Waals surface area contributed by atoms with Crippen molar-refractivity contribution in [3.05, 3.63) is 0 Å². The molecule has 2 nitrogen and oxygen atoms in total. The van der Waals surface area contributed by atoms with E-state index in [2.05, 4.69) is 25.7 Å². The lowest BCUT2D eigenvalue weighted by atomic mass is 9.79. The molecular formula is C17H34N2. The fraction of sp³-hybridized carbons (Fsp3) is 1.00. The second-order valence-corrected chi connectivity index (χ2v) is 8.06. The summed E-state index contributed by atoms with van der Waals surface area (Å²) in [6.45, 7) is 9.60. The van der Waals surface area contributed by atoms with Crippen LogP contribution in [0.25, 0.3) is 0 Å². The van der Waals surface area contributed by atoms with E-state index >= 15 is 0 Å². The van der Waals surface area contributed by atoms with Gasteiger partial charge in [0.1, 0.15) is 0 Å². The van der Waals surface area contributed by atoms with Gasteiger partial charge < -0.3 is 5.73 Å². The Bertz CT molecular complexity index is 267. The zero-order valence-corrected chi connectivity index (χ0v) is 13.4. The Morgan fingerprint density at radius 1 is 1.00 bits per heavy atom. The molecule has 0 aromatic heterocycles. The molecule has 2 heteroatoms. The van der Waals surface area contributed by atoms with Crippen molar-refractivity contribution in [1.82, 2.24) is 4.90 Å².